The Morgan fingerprint density at radius 2 is 2.25 bits per heavy atom. The van der Waals surface area contributed by atoms with Gasteiger partial charge in [-0.05, 0) is 43.0 Å². The molecule has 86 valence electrons. The third-order valence-corrected chi connectivity index (χ3v) is 3.23. The second kappa shape index (κ2) is 5.46. The molecule has 1 nitrogen and oxygen atoms in total. The van der Waals surface area contributed by atoms with Crippen LogP contribution >= 0.6 is 11.6 Å². The van der Waals surface area contributed by atoms with E-state index < -0.39 is 0 Å². The Bertz CT molecular complexity index is 390. The molecule has 0 heterocycles. The highest BCUT2D eigenvalue weighted by atomic mass is 35.5. The molecule has 0 aromatic heterocycles. The SMILES string of the molecule is Fc1ccc(Cl)c(CNC2CC=CCC2)c1. The van der Waals surface area contributed by atoms with Gasteiger partial charge >= 0.3 is 0 Å². The molecule has 2 rings (SSSR count). The van der Waals surface area contributed by atoms with Gasteiger partial charge < -0.3 is 5.32 Å². The number of halogens is 2. The van der Waals surface area contributed by atoms with Crippen molar-refractivity contribution in [3.8, 4) is 0 Å². The molecule has 16 heavy (non-hydrogen) atoms. The highest BCUT2D eigenvalue weighted by molar-refractivity contribution is 6.31. The Morgan fingerprint density at radius 1 is 1.38 bits per heavy atom. The van der Waals surface area contributed by atoms with Crippen molar-refractivity contribution in [3.05, 3.63) is 46.8 Å². The molecule has 1 N–H and O–H groups in total. The molecule has 1 aliphatic carbocycles. The standard InChI is InChI=1S/C13H15ClFN/c14-13-7-6-11(15)8-10(13)9-16-12-4-2-1-3-5-12/h1-2,6-8,12,16H,3-5,9H2. The van der Waals surface area contributed by atoms with Gasteiger partial charge in [0.15, 0.2) is 0 Å². The van der Waals surface area contributed by atoms with Gasteiger partial charge in [0.1, 0.15) is 5.82 Å². The molecule has 1 aliphatic rings. The normalized spacial score (nSPS) is 20.0. The molecule has 0 spiro atoms. The highest BCUT2D eigenvalue weighted by Crippen LogP contribution is 2.18. The Morgan fingerprint density at radius 3 is 3.00 bits per heavy atom. The lowest BCUT2D eigenvalue weighted by Gasteiger charge is -2.19. The molecule has 0 radical (unpaired) electrons. The van der Waals surface area contributed by atoms with Gasteiger partial charge in [-0.15, -0.1) is 0 Å². The fraction of sp³-hybridized carbons (Fsp3) is 0.385. The van der Waals surface area contributed by atoms with Gasteiger partial charge in [-0.3, -0.25) is 0 Å². The van der Waals surface area contributed by atoms with Crippen molar-refractivity contribution in [2.45, 2.75) is 31.8 Å². The van der Waals surface area contributed by atoms with Crippen LogP contribution < -0.4 is 5.32 Å². The molecule has 0 saturated heterocycles. The summed E-state index contributed by atoms with van der Waals surface area (Å²) in [4.78, 5) is 0. The van der Waals surface area contributed by atoms with E-state index in [-0.39, 0.29) is 5.82 Å². The summed E-state index contributed by atoms with van der Waals surface area (Å²) in [7, 11) is 0. The molecule has 0 fully saturated rings. The van der Waals surface area contributed by atoms with Crippen molar-refractivity contribution in [2.24, 2.45) is 0 Å². The van der Waals surface area contributed by atoms with Crippen molar-refractivity contribution in [1.29, 1.82) is 0 Å². The molecule has 1 unspecified atom stereocenters. The summed E-state index contributed by atoms with van der Waals surface area (Å²) in [6.07, 6.45) is 7.70. The number of hydrogen-bond acceptors (Lipinski definition) is 1. The number of hydrogen-bond donors (Lipinski definition) is 1. The second-order valence-corrected chi connectivity index (χ2v) is 4.51. The van der Waals surface area contributed by atoms with Crippen LogP contribution in [0.5, 0.6) is 0 Å². The first-order chi connectivity index (χ1) is 7.75. The van der Waals surface area contributed by atoms with Gasteiger partial charge in [0.2, 0.25) is 0 Å². The van der Waals surface area contributed by atoms with E-state index in [9.17, 15) is 4.39 Å². The van der Waals surface area contributed by atoms with Crippen LogP contribution in [-0.2, 0) is 6.54 Å². The van der Waals surface area contributed by atoms with E-state index in [1.807, 2.05) is 0 Å². The van der Waals surface area contributed by atoms with E-state index in [2.05, 4.69) is 17.5 Å². The average molecular weight is 240 g/mol. The van der Waals surface area contributed by atoms with E-state index in [0.29, 0.717) is 17.6 Å². The monoisotopic (exact) mass is 239 g/mol. The zero-order valence-electron chi connectivity index (χ0n) is 9.05. The maximum atomic E-state index is 13.0. The van der Waals surface area contributed by atoms with Crippen LogP contribution in [0.2, 0.25) is 5.02 Å². The number of allylic oxidation sites excluding steroid dienone is 1. The van der Waals surface area contributed by atoms with Crippen molar-refractivity contribution >= 4 is 11.6 Å². The van der Waals surface area contributed by atoms with E-state index in [4.69, 9.17) is 11.6 Å². The first kappa shape index (κ1) is 11.6. The fourth-order valence-corrected chi connectivity index (χ4v) is 2.10. The molecule has 0 saturated carbocycles. The van der Waals surface area contributed by atoms with Crippen LogP contribution in [0.3, 0.4) is 0 Å². The summed E-state index contributed by atoms with van der Waals surface area (Å²) >= 11 is 5.99. The summed E-state index contributed by atoms with van der Waals surface area (Å²) < 4.78 is 13.0. The minimum atomic E-state index is -0.232. The van der Waals surface area contributed by atoms with Crippen molar-refractivity contribution in [2.75, 3.05) is 0 Å². The van der Waals surface area contributed by atoms with Crippen molar-refractivity contribution in [1.82, 2.24) is 5.32 Å². The molecule has 0 amide bonds. The lowest BCUT2D eigenvalue weighted by atomic mass is 10.0. The Hall–Kier alpha value is -0.860. The molecule has 1 aromatic carbocycles. The summed E-state index contributed by atoms with van der Waals surface area (Å²) in [5, 5.41) is 4.03. The molecule has 1 aromatic rings. The van der Waals surface area contributed by atoms with E-state index in [1.165, 1.54) is 12.1 Å². The van der Waals surface area contributed by atoms with Gasteiger partial charge in [0, 0.05) is 17.6 Å². The third kappa shape index (κ3) is 3.06. The van der Waals surface area contributed by atoms with Crippen LogP contribution in [0.25, 0.3) is 0 Å². The minimum absolute atomic E-state index is 0.232. The molecular weight excluding hydrogens is 225 g/mol. The topological polar surface area (TPSA) is 12.0 Å². The highest BCUT2D eigenvalue weighted by Gasteiger charge is 2.10. The van der Waals surface area contributed by atoms with Crippen LogP contribution in [0.1, 0.15) is 24.8 Å². The number of nitrogens with one attached hydrogen (secondary N) is 1. The van der Waals surface area contributed by atoms with Gasteiger partial charge in [0.05, 0.1) is 0 Å². The Balaban J connectivity index is 1.93. The largest absolute Gasteiger partial charge is 0.310 e. The van der Waals surface area contributed by atoms with Gasteiger partial charge in [0.25, 0.3) is 0 Å². The van der Waals surface area contributed by atoms with Crippen molar-refractivity contribution < 1.29 is 4.39 Å². The Kier molecular flexibility index (Phi) is 3.97. The lowest BCUT2D eigenvalue weighted by Crippen LogP contribution is -2.29. The lowest BCUT2D eigenvalue weighted by molar-refractivity contribution is 0.473. The summed E-state index contributed by atoms with van der Waals surface area (Å²) in [5.41, 5.74) is 0.830. The molecule has 1 atom stereocenters. The van der Waals surface area contributed by atoms with Gasteiger partial charge in [-0.25, -0.2) is 4.39 Å². The van der Waals surface area contributed by atoms with Crippen molar-refractivity contribution in [3.63, 3.8) is 0 Å². The smallest absolute Gasteiger partial charge is 0.123 e. The predicted molar refractivity (Wildman–Crippen MR) is 65.0 cm³/mol. The third-order valence-electron chi connectivity index (χ3n) is 2.86. The predicted octanol–water partition coefficient (Wildman–Crippen LogP) is 3.68. The van der Waals surface area contributed by atoms with E-state index in [1.54, 1.807) is 6.07 Å². The number of rotatable bonds is 3. The van der Waals surface area contributed by atoms with Crippen LogP contribution in [0.4, 0.5) is 4.39 Å². The maximum absolute atomic E-state index is 13.0. The first-order valence-corrected chi connectivity index (χ1v) is 5.96. The summed E-state index contributed by atoms with van der Waals surface area (Å²) in [6, 6.07) is 4.97. The average Bonchev–Trinajstić information content (AvgIpc) is 2.32. The zero-order chi connectivity index (χ0) is 11.4. The number of benzene rings is 1. The molecule has 0 bridgehead atoms. The fourth-order valence-electron chi connectivity index (χ4n) is 1.91. The summed E-state index contributed by atoms with van der Waals surface area (Å²) in [5.74, 6) is -0.232. The van der Waals surface area contributed by atoms with Crippen LogP contribution in [0.15, 0.2) is 30.4 Å². The maximum Gasteiger partial charge on any atom is 0.123 e. The molecule has 3 heteroatoms. The molecular formula is C13H15ClFN. The van der Waals surface area contributed by atoms with Crippen LogP contribution in [-0.4, -0.2) is 6.04 Å². The quantitative estimate of drug-likeness (QED) is 0.794. The summed E-state index contributed by atoms with van der Waals surface area (Å²) in [6.45, 7) is 0.634. The van der Waals surface area contributed by atoms with Gasteiger partial charge in [-0.1, -0.05) is 23.8 Å². The molecule has 0 aliphatic heterocycles. The van der Waals surface area contributed by atoms with E-state index >= 15 is 0 Å². The van der Waals surface area contributed by atoms with Crippen LogP contribution in [0, 0.1) is 5.82 Å². The zero-order valence-corrected chi connectivity index (χ0v) is 9.80. The van der Waals surface area contributed by atoms with E-state index in [0.717, 1.165) is 24.8 Å². The minimum Gasteiger partial charge on any atom is -0.310 e. The second-order valence-electron chi connectivity index (χ2n) is 4.10. The first-order valence-electron chi connectivity index (χ1n) is 5.58. The van der Waals surface area contributed by atoms with Gasteiger partial charge in [-0.2, -0.15) is 0 Å². The Labute approximate surface area is 100 Å².